The molecule has 0 aliphatic rings. The van der Waals surface area contributed by atoms with E-state index in [1.807, 2.05) is 0 Å². The van der Waals surface area contributed by atoms with E-state index in [4.69, 9.17) is 0 Å². The minimum absolute atomic E-state index is 0.299. The van der Waals surface area contributed by atoms with Crippen LogP contribution in [0.25, 0.3) is 0 Å². The number of benzene rings is 1. The summed E-state index contributed by atoms with van der Waals surface area (Å²) in [6, 6.07) is 5.80. The zero-order chi connectivity index (χ0) is 11.5. The molecule has 0 saturated carbocycles. The van der Waals surface area contributed by atoms with Gasteiger partial charge in [-0.15, -0.1) is 0 Å². The molecule has 0 aliphatic heterocycles. The van der Waals surface area contributed by atoms with E-state index >= 15 is 0 Å². The van der Waals surface area contributed by atoms with Crippen LogP contribution in [0.3, 0.4) is 0 Å². The smallest absolute Gasteiger partial charge is 0.144 e. The van der Waals surface area contributed by atoms with Crippen molar-refractivity contribution in [1.82, 2.24) is 0 Å². The first-order valence-corrected chi connectivity index (χ1v) is 4.59. The summed E-state index contributed by atoms with van der Waals surface area (Å²) in [6.45, 7) is 6.92. The quantitative estimate of drug-likeness (QED) is 0.550. The van der Waals surface area contributed by atoms with Crippen molar-refractivity contribution in [3.8, 4) is 11.8 Å². The SMILES string of the molecule is C=C(C)C(C)(O)C#Cc1ccc(F)cc1. The second-order valence-electron chi connectivity index (χ2n) is 3.61. The van der Waals surface area contributed by atoms with Gasteiger partial charge in [-0.1, -0.05) is 18.4 Å². The summed E-state index contributed by atoms with van der Waals surface area (Å²) in [4.78, 5) is 0. The number of halogens is 1. The summed E-state index contributed by atoms with van der Waals surface area (Å²) in [5, 5.41) is 9.76. The molecule has 1 rings (SSSR count). The molecule has 0 amide bonds. The van der Waals surface area contributed by atoms with Gasteiger partial charge < -0.3 is 5.11 Å². The van der Waals surface area contributed by atoms with Crippen molar-refractivity contribution in [3.63, 3.8) is 0 Å². The van der Waals surface area contributed by atoms with Crippen LogP contribution in [0.1, 0.15) is 19.4 Å². The first-order valence-electron chi connectivity index (χ1n) is 4.59. The Morgan fingerprint density at radius 3 is 2.40 bits per heavy atom. The molecule has 1 N–H and O–H groups in total. The van der Waals surface area contributed by atoms with E-state index in [1.165, 1.54) is 12.1 Å². The molecule has 0 radical (unpaired) electrons. The first kappa shape index (κ1) is 11.5. The summed E-state index contributed by atoms with van der Waals surface area (Å²) in [6.07, 6.45) is 0. The molecular weight excluding hydrogens is 191 g/mol. The molecule has 1 aromatic carbocycles. The number of hydrogen-bond acceptors (Lipinski definition) is 1. The molecule has 78 valence electrons. The Morgan fingerprint density at radius 1 is 1.40 bits per heavy atom. The third-order valence-electron chi connectivity index (χ3n) is 2.13. The molecule has 0 fully saturated rings. The summed E-state index contributed by atoms with van der Waals surface area (Å²) in [7, 11) is 0. The van der Waals surface area contributed by atoms with Crippen LogP contribution in [0, 0.1) is 17.7 Å². The van der Waals surface area contributed by atoms with E-state index in [0.717, 1.165) is 0 Å². The highest BCUT2D eigenvalue weighted by atomic mass is 19.1. The average Bonchev–Trinajstić information content (AvgIpc) is 2.17. The van der Waals surface area contributed by atoms with Crippen LogP contribution in [0.5, 0.6) is 0 Å². The molecule has 0 bridgehead atoms. The Bertz CT molecular complexity index is 418. The zero-order valence-corrected chi connectivity index (χ0v) is 8.84. The highest BCUT2D eigenvalue weighted by Crippen LogP contribution is 2.12. The van der Waals surface area contributed by atoms with E-state index in [0.29, 0.717) is 11.1 Å². The van der Waals surface area contributed by atoms with Crippen LogP contribution in [-0.2, 0) is 0 Å². The minimum atomic E-state index is -1.20. The van der Waals surface area contributed by atoms with Gasteiger partial charge in [-0.25, -0.2) is 4.39 Å². The number of rotatable bonds is 1. The maximum absolute atomic E-state index is 12.6. The lowest BCUT2D eigenvalue weighted by atomic mass is 9.99. The zero-order valence-electron chi connectivity index (χ0n) is 8.84. The molecule has 0 aliphatic carbocycles. The summed E-state index contributed by atoms with van der Waals surface area (Å²) in [5.74, 6) is 5.14. The van der Waals surface area contributed by atoms with Crippen molar-refractivity contribution in [2.75, 3.05) is 0 Å². The molecule has 0 saturated heterocycles. The van der Waals surface area contributed by atoms with Gasteiger partial charge in [0.2, 0.25) is 0 Å². The summed E-state index contributed by atoms with van der Waals surface area (Å²) < 4.78 is 12.6. The minimum Gasteiger partial charge on any atom is -0.374 e. The van der Waals surface area contributed by atoms with Crippen molar-refractivity contribution in [3.05, 3.63) is 47.8 Å². The van der Waals surface area contributed by atoms with Crippen LogP contribution >= 0.6 is 0 Å². The van der Waals surface area contributed by atoms with E-state index in [2.05, 4.69) is 18.4 Å². The number of hydrogen-bond donors (Lipinski definition) is 1. The predicted molar refractivity (Wildman–Crippen MR) is 58.7 cm³/mol. The third kappa shape index (κ3) is 3.23. The van der Waals surface area contributed by atoms with Crippen LogP contribution in [0.4, 0.5) is 4.39 Å². The van der Waals surface area contributed by atoms with Crippen molar-refractivity contribution in [2.45, 2.75) is 19.4 Å². The molecule has 2 heteroatoms. The second-order valence-corrected chi connectivity index (χ2v) is 3.61. The standard InChI is InChI=1S/C13H13FO/c1-10(2)13(3,15)9-8-11-4-6-12(14)7-5-11/h4-7,15H,1H2,2-3H3. The Labute approximate surface area is 89.3 Å². The molecule has 15 heavy (non-hydrogen) atoms. The maximum Gasteiger partial charge on any atom is 0.144 e. The fraction of sp³-hybridized carbons (Fsp3) is 0.231. The van der Waals surface area contributed by atoms with E-state index in [1.54, 1.807) is 26.0 Å². The molecule has 0 aromatic heterocycles. The van der Waals surface area contributed by atoms with Crippen molar-refractivity contribution < 1.29 is 9.50 Å². The highest BCUT2D eigenvalue weighted by Gasteiger charge is 2.16. The molecule has 1 atom stereocenters. The predicted octanol–water partition coefficient (Wildman–Crippen LogP) is 2.50. The Balaban J connectivity index is 2.91. The third-order valence-corrected chi connectivity index (χ3v) is 2.13. The fourth-order valence-electron chi connectivity index (χ4n) is 0.834. The van der Waals surface area contributed by atoms with E-state index in [-0.39, 0.29) is 5.82 Å². The van der Waals surface area contributed by atoms with Crippen LogP contribution in [0.2, 0.25) is 0 Å². The van der Waals surface area contributed by atoms with Gasteiger partial charge in [-0.2, -0.15) is 0 Å². The van der Waals surface area contributed by atoms with Crippen molar-refractivity contribution in [1.29, 1.82) is 0 Å². The Hall–Kier alpha value is -1.59. The average molecular weight is 204 g/mol. The molecular formula is C13H13FO. The van der Waals surface area contributed by atoms with Crippen molar-refractivity contribution >= 4 is 0 Å². The molecule has 0 spiro atoms. The summed E-state index contributed by atoms with van der Waals surface area (Å²) >= 11 is 0. The summed E-state index contributed by atoms with van der Waals surface area (Å²) in [5.41, 5.74) is 0.0454. The second kappa shape index (κ2) is 4.29. The molecule has 1 aromatic rings. The van der Waals surface area contributed by atoms with Crippen LogP contribution in [-0.4, -0.2) is 10.7 Å². The molecule has 1 nitrogen and oxygen atoms in total. The van der Waals surface area contributed by atoms with Gasteiger partial charge >= 0.3 is 0 Å². The fourth-order valence-corrected chi connectivity index (χ4v) is 0.834. The first-order chi connectivity index (χ1) is 6.92. The van der Waals surface area contributed by atoms with Gasteiger partial charge in [0.1, 0.15) is 11.4 Å². The van der Waals surface area contributed by atoms with E-state index in [9.17, 15) is 9.50 Å². The highest BCUT2D eigenvalue weighted by molar-refractivity contribution is 5.38. The van der Waals surface area contributed by atoms with E-state index < -0.39 is 5.60 Å². The van der Waals surface area contributed by atoms with Gasteiger partial charge in [0.25, 0.3) is 0 Å². The Morgan fingerprint density at radius 2 is 1.93 bits per heavy atom. The van der Waals surface area contributed by atoms with Crippen LogP contribution in [0.15, 0.2) is 36.4 Å². The van der Waals surface area contributed by atoms with Gasteiger partial charge in [0.15, 0.2) is 0 Å². The topological polar surface area (TPSA) is 20.2 Å². The van der Waals surface area contributed by atoms with Gasteiger partial charge in [0.05, 0.1) is 0 Å². The largest absolute Gasteiger partial charge is 0.374 e. The van der Waals surface area contributed by atoms with Gasteiger partial charge in [-0.3, -0.25) is 0 Å². The Kier molecular flexibility index (Phi) is 3.28. The van der Waals surface area contributed by atoms with Gasteiger partial charge in [0, 0.05) is 5.56 Å². The monoisotopic (exact) mass is 204 g/mol. The molecule has 0 heterocycles. The lowest BCUT2D eigenvalue weighted by molar-refractivity contribution is 0.161. The normalized spacial score (nSPS) is 13.6. The lowest BCUT2D eigenvalue weighted by Gasteiger charge is -2.15. The molecule has 1 unspecified atom stereocenters. The maximum atomic E-state index is 12.6. The van der Waals surface area contributed by atoms with Gasteiger partial charge in [-0.05, 0) is 43.7 Å². The number of aliphatic hydroxyl groups is 1. The van der Waals surface area contributed by atoms with Crippen molar-refractivity contribution in [2.24, 2.45) is 0 Å². The lowest BCUT2D eigenvalue weighted by Crippen LogP contribution is -2.22. The van der Waals surface area contributed by atoms with Crippen LogP contribution < -0.4 is 0 Å².